The van der Waals surface area contributed by atoms with Gasteiger partial charge in [0.1, 0.15) is 5.60 Å². The molecule has 0 aliphatic carbocycles. The van der Waals surface area contributed by atoms with E-state index in [1.165, 1.54) is 7.11 Å². The molecule has 2 fully saturated rings. The highest BCUT2D eigenvalue weighted by Crippen LogP contribution is 2.56. The van der Waals surface area contributed by atoms with Crippen molar-refractivity contribution < 1.29 is 14.3 Å². The number of carbonyl (C=O) groups excluding carboxylic acids is 1. The smallest absolute Gasteiger partial charge is 0.340 e. The molecule has 2 saturated heterocycles. The Morgan fingerprint density at radius 1 is 1.46 bits per heavy atom. The number of ether oxygens (including phenoxy) is 2. The zero-order chi connectivity index (χ0) is 9.53. The van der Waals surface area contributed by atoms with Gasteiger partial charge >= 0.3 is 5.97 Å². The van der Waals surface area contributed by atoms with E-state index in [4.69, 9.17) is 9.47 Å². The molecule has 74 valence electrons. The Balaban J connectivity index is 2.09. The lowest BCUT2D eigenvalue weighted by Gasteiger charge is -2.19. The molecule has 2 rings (SSSR count). The van der Waals surface area contributed by atoms with Crippen molar-refractivity contribution >= 4 is 17.7 Å². The van der Waals surface area contributed by atoms with Crippen LogP contribution in [0.25, 0.3) is 0 Å². The average molecular weight is 202 g/mol. The maximum absolute atomic E-state index is 11.4. The zero-order valence-electron chi connectivity index (χ0n) is 7.96. The highest BCUT2D eigenvalue weighted by Gasteiger charge is 2.71. The number of hydrogen-bond acceptors (Lipinski definition) is 4. The summed E-state index contributed by atoms with van der Waals surface area (Å²) in [7, 11) is 1.42. The summed E-state index contributed by atoms with van der Waals surface area (Å²) >= 11 is 1.93. The maximum Gasteiger partial charge on any atom is 0.340 e. The molecule has 0 bridgehead atoms. The molecule has 0 aromatic carbocycles. The van der Waals surface area contributed by atoms with E-state index in [1.54, 1.807) is 0 Å². The standard InChI is InChI=1S/C9H14O3S/c1-8(7(10)11-2)9(12-8)3-5-13-6-4-9/h3-6H2,1-2H3. The maximum atomic E-state index is 11.4. The van der Waals surface area contributed by atoms with Crippen molar-refractivity contribution in [2.24, 2.45) is 0 Å². The first kappa shape index (κ1) is 9.34. The average Bonchev–Trinajstić information content (AvgIpc) is 2.72. The van der Waals surface area contributed by atoms with Gasteiger partial charge in [0.25, 0.3) is 0 Å². The number of esters is 1. The van der Waals surface area contributed by atoms with Gasteiger partial charge in [-0.2, -0.15) is 11.8 Å². The molecular formula is C9H14O3S. The number of methoxy groups -OCH3 is 1. The van der Waals surface area contributed by atoms with Gasteiger partial charge in [-0.25, -0.2) is 4.79 Å². The number of carbonyl (C=O) groups is 1. The van der Waals surface area contributed by atoms with Crippen LogP contribution in [0.1, 0.15) is 19.8 Å². The summed E-state index contributed by atoms with van der Waals surface area (Å²) in [6, 6.07) is 0. The zero-order valence-corrected chi connectivity index (χ0v) is 8.78. The molecule has 1 atom stereocenters. The van der Waals surface area contributed by atoms with Crippen LogP contribution in [-0.4, -0.2) is 35.8 Å². The van der Waals surface area contributed by atoms with Gasteiger partial charge in [0.2, 0.25) is 0 Å². The Kier molecular flexibility index (Phi) is 2.07. The van der Waals surface area contributed by atoms with Gasteiger partial charge in [-0.1, -0.05) is 0 Å². The minimum Gasteiger partial charge on any atom is -0.467 e. The highest BCUT2D eigenvalue weighted by atomic mass is 32.2. The lowest BCUT2D eigenvalue weighted by Crippen LogP contribution is -2.35. The fourth-order valence-corrected chi connectivity index (χ4v) is 3.22. The number of thioether (sulfide) groups is 1. The fraction of sp³-hybridized carbons (Fsp3) is 0.889. The molecule has 0 N–H and O–H groups in total. The molecule has 1 unspecified atom stereocenters. The molecule has 3 nitrogen and oxygen atoms in total. The first-order valence-corrected chi connectivity index (χ1v) is 5.66. The van der Waals surface area contributed by atoms with Crippen molar-refractivity contribution in [2.75, 3.05) is 18.6 Å². The van der Waals surface area contributed by atoms with Crippen molar-refractivity contribution in [3.63, 3.8) is 0 Å². The molecule has 2 aliphatic heterocycles. The van der Waals surface area contributed by atoms with E-state index in [0.29, 0.717) is 0 Å². The number of hydrogen-bond donors (Lipinski definition) is 0. The third kappa shape index (κ3) is 1.19. The van der Waals surface area contributed by atoms with Crippen molar-refractivity contribution in [1.29, 1.82) is 0 Å². The van der Waals surface area contributed by atoms with Crippen molar-refractivity contribution in [3.8, 4) is 0 Å². The molecule has 4 heteroatoms. The van der Waals surface area contributed by atoms with E-state index in [2.05, 4.69) is 0 Å². The lowest BCUT2D eigenvalue weighted by atomic mass is 9.89. The largest absolute Gasteiger partial charge is 0.467 e. The van der Waals surface area contributed by atoms with E-state index in [9.17, 15) is 4.79 Å². The second-order valence-corrected chi connectivity index (χ2v) is 4.96. The summed E-state index contributed by atoms with van der Waals surface area (Å²) in [5.41, 5.74) is -0.839. The summed E-state index contributed by atoms with van der Waals surface area (Å²) in [6.07, 6.45) is 1.95. The van der Waals surface area contributed by atoms with Crippen molar-refractivity contribution in [1.82, 2.24) is 0 Å². The van der Waals surface area contributed by atoms with Crippen LogP contribution < -0.4 is 0 Å². The summed E-state index contributed by atoms with van der Waals surface area (Å²) in [5, 5.41) is 0. The van der Waals surface area contributed by atoms with Gasteiger partial charge in [-0.15, -0.1) is 0 Å². The summed E-state index contributed by atoms with van der Waals surface area (Å²) in [6.45, 7) is 1.84. The molecule has 0 radical (unpaired) electrons. The van der Waals surface area contributed by atoms with Gasteiger partial charge in [-0.05, 0) is 31.3 Å². The molecule has 2 heterocycles. The predicted octanol–water partition coefficient (Wildman–Crippen LogP) is 1.21. The first-order valence-electron chi connectivity index (χ1n) is 4.51. The first-order chi connectivity index (χ1) is 6.15. The molecule has 0 saturated carbocycles. The normalized spacial score (nSPS) is 35.8. The molecule has 0 aromatic heterocycles. The minimum atomic E-state index is -0.650. The Labute approximate surface area is 82.2 Å². The predicted molar refractivity (Wildman–Crippen MR) is 50.8 cm³/mol. The SMILES string of the molecule is COC(=O)C1(C)OC12CCSCC2. The van der Waals surface area contributed by atoms with Crippen LogP contribution in [0.15, 0.2) is 0 Å². The second kappa shape index (κ2) is 2.89. The van der Waals surface area contributed by atoms with Gasteiger partial charge in [0.05, 0.1) is 7.11 Å². The van der Waals surface area contributed by atoms with Gasteiger partial charge < -0.3 is 9.47 Å². The molecule has 1 spiro atoms. The Morgan fingerprint density at radius 3 is 2.62 bits per heavy atom. The van der Waals surface area contributed by atoms with E-state index in [-0.39, 0.29) is 11.6 Å². The Bertz CT molecular complexity index is 235. The van der Waals surface area contributed by atoms with Crippen LogP contribution in [0.5, 0.6) is 0 Å². The fourth-order valence-electron chi connectivity index (χ4n) is 2.07. The minimum absolute atomic E-state index is 0.189. The van der Waals surface area contributed by atoms with Crippen molar-refractivity contribution in [2.45, 2.75) is 31.0 Å². The molecule has 2 aliphatic rings. The van der Waals surface area contributed by atoms with Gasteiger partial charge in [0, 0.05) is 0 Å². The topological polar surface area (TPSA) is 38.8 Å². The Morgan fingerprint density at radius 2 is 2.08 bits per heavy atom. The van der Waals surface area contributed by atoms with Crippen LogP contribution in [0.4, 0.5) is 0 Å². The van der Waals surface area contributed by atoms with Crippen molar-refractivity contribution in [3.05, 3.63) is 0 Å². The summed E-state index contributed by atoms with van der Waals surface area (Å²) in [4.78, 5) is 11.4. The summed E-state index contributed by atoms with van der Waals surface area (Å²) in [5.74, 6) is 1.96. The third-order valence-electron chi connectivity index (χ3n) is 3.10. The molecule has 13 heavy (non-hydrogen) atoms. The van der Waals surface area contributed by atoms with Crippen LogP contribution in [0.3, 0.4) is 0 Å². The van der Waals surface area contributed by atoms with Crippen LogP contribution >= 0.6 is 11.8 Å². The van der Waals surface area contributed by atoms with Gasteiger partial charge in [-0.3, -0.25) is 0 Å². The summed E-state index contributed by atoms with van der Waals surface area (Å²) < 4.78 is 10.3. The van der Waals surface area contributed by atoms with Gasteiger partial charge in [0.15, 0.2) is 5.60 Å². The monoisotopic (exact) mass is 202 g/mol. The van der Waals surface area contributed by atoms with Crippen LogP contribution in [-0.2, 0) is 14.3 Å². The molecule has 0 amide bonds. The third-order valence-corrected chi connectivity index (χ3v) is 4.09. The second-order valence-electron chi connectivity index (χ2n) is 3.73. The van der Waals surface area contributed by atoms with E-state index >= 15 is 0 Å². The lowest BCUT2D eigenvalue weighted by molar-refractivity contribution is -0.146. The van der Waals surface area contributed by atoms with E-state index in [0.717, 1.165) is 24.3 Å². The van der Waals surface area contributed by atoms with E-state index < -0.39 is 5.60 Å². The van der Waals surface area contributed by atoms with Crippen LogP contribution in [0.2, 0.25) is 0 Å². The molecule has 0 aromatic rings. The molecular weight excluding hydrogens is 188 g/mol. The highest BCUT2D eigenvalue weighted by molar-refractivity contribution is 7.99. The number of rotatable bonds is 1. The van der Waals surface area contributed by atoms with Crippen LogP contribution in [0, 0.1) is 0 Å². The van der Waals surface area contributed by atoms with E-state index in [1.807, 2.05) is 18.7 Å². The Hall–Kier alpha value is -0.220. The number of epoxide rings is 1. The quantitative estimate of drug-likeness (QED) is 0.473.